The standard InChI is InChI=1S/C18H19N5O2/c1-13-12-16(21-25-13)22-8-10-23(11-9-22)18(24)20-15-6-2-4-14-5-3-7-19-17(14)15/h2-7,12H,8-11H2,1H3,(H,20,24). The summed E-state index contributed by atoms with van der Waals surface area (Å²) in [5, 5.41) is 8.03. The number of carbonyl (C=O) groups excluding carboxylic acids is 1. The van der Waals surface area contributed by atoms with Crippen LogP contribution in [0.25, 0.3) is 10.9 Å². The van der Waals surface area contributed by atoms with E-state index in [1.807, 2.05) is 48.2 Å². The molecule has 0 aliphatic carbocycles. The first-order valence-corrected chi connectivity index (χ1v) is 8.29. The fourth-order valence-electron chi connectivity index (χ4n) is 3.04. The lowest BCUT2D eigenvalue weighted by Crippen LogP contribution is -2.50. The zero-order valence-electron chi connectivity index (χ0n) is 14.0. The smallest absolute Gasteiger partial charge is 0.322 e. The number of aryl methyl sites for hydroxylation is 1. The number of rotatable bonds is 2. The zero-order chi connectivity index (χ0) is 17.2. The highest BCUT2D eigenvalue weighted by atomic mass is 16.5. The number of nitrogens with one attached hydrogen (secondary N) is 1. The van der Waals surface area contributed by atoms with Gasteiger partial charge in [0.1, 0.15) is 5.76 Å². The molecule has 0 unspecified atom stereocenters. The maximum Gasteiger partial charge on any atom is 0.322 e. The van der Waals surface area contributed by atoms with Crippen molar-refractivity contribution in [3.63, 3.8) is 0 Å². The molecule has 25 heavy (non-hydrogen) atoms. The third kappa shape index (κ3) is 3.13. The van der Waals surface area contributed by atoms with E-state index in [0.29, 0.717) is 13.1 Å². The fraction of sp³-hybridized carbons (Fsp3) is 0.278. The summed E-state index contributed by atoms with van der Waals surface area (Å²) < 4.78 is 5.12. The van der Waals surface area contributed by atoms with Crippen LogP contribution in [-0.2, 0) is 0 Å². The van der Waals surface area contributed by atoms with Crippen molar-refractivity contribution in [3.05, 3.63) is 48.4 Å². The van der Waals surface area contributed by atoms with Crippen LogP contribution in [0.15, 0.2) is 47.1 Å². The number of piperazine rings is 1. The van der Waals surface area contributed by atoms with Crippen molar-refractivity contribution < 1.29 is 9.32 Å². The van der Waals surface area contributed by atoms with E-state index in [9.17, 15) is 4.79 Å². The van der Waals surface area contributed by atoms with Gasteiger partial charge in [-0.1, -0.05) is 23.4 Å². The van der Waals surface area contributed by atoms with E-state index in [-0.39, 0.29) is 6.03 Å². The number of nitrogens with zero attached hydrogens (tertiary/aromatic N) is 4. The number of amides is 2. The molecule has 2 amide bonds. The molecule has 1 fully saturated rings. The van der Waals surface area contributed by atoms with Crippen molar-refractivity contribution >= 4 is 28.4 Å². The van der Waals surface area contributed by atoms with Gasteiger partial charge in [0.25, 0.3) is 0 Å². The van der Waals surface area contributed by atoms with Crippen LogP contribution in [0.2, 0.25) is 0 Å². The number of hydrogen-bond donors (Lipinski definition) is 1. The van der Waals surface area contributed by atoms with E-state index >= 15 is 0 Å². The Labute approximate surface area is 145 Å². The highest BCUT2D eigenvalue weighted by Crippen LogP contribution is 2.21. The van der Waals surface area contributed by atoms with E-state index in [1.54, 1.807) is 6.20 Å². The van der Waals surface area contributed by atoms with Crippen LogP contribution in [0.3, 0.4) is 0 Å². The molecule has 0 saturated carbocycles. The van der Waals surface area contributed by atoms with Crippen molar-refractivity contribution in [2.24, 2.45) is 0 Å². The van der Waals surface area contributed by atoms with Gasteiger partial charge < -0.3 is 19.6 Å². The highest BCUT2D eigenvalue weighted by molar-refractivity contribution is 5.99. The molecule has 3 aromatic rings. The number of para-hydroxylation sites is 1. The van der Waals surface area contributed by atoms with Gasteiger partial charge in [0.15, 0.2) is 5.82 Å². The van der Waals surface area contributed by atoms with E-state index in [4.69, 9.17) is 4.52 Å². The topological polar surface area (TPSA) is 74.5 Å². The normalized spacial score (nSPS) is 14.8. The lowest BCUT2D eigenvalue weighted by Gasteiger charge is -2.34. The number of carbonyl (C=O) groups is 1. The summed E-state index contributed by atoms with van der Waals surface area (Å²) in [4.78, 5) is 20.9. The predicted molar refractivity (Wildman–Crippen MR) is 95.8 cm³/mol. The lowest BCUT2D eigenvalue weighted by molar-refractivity contribution is 0.208. The lowest BCUT2D eigenvalue weighted by atomic mass is 10.2. The molecule has 1 aromatic carbocycles. The summed E-state index contributed by atoms with van der Waals surface area (Å²) in [6, 6.07) is 11.5. The number of fused-ring (bicyclic) bond motifs is 1. The molecule has 0 atom stereocenters. The van der Waals surface area contributed by atoms with Gasteiger partial charge >= 0.3 is 6.03 Å². The first-order valence-electron chi connectivity index (χ1n) is 8.29. The third-order valence-corrected chi connectivity index (χ3v) is 4.38. The van der Waals surface area contributed by atoms with Crippen LogP contribution in [0.5, 0.6) is 0 Å². The Morgan fingerprint density at radius 3 is 2.72 bits per heavy atom. The summed E-state index contributed by atoms with van der Waals surface area (Å²) in [6.45, 7) is 4.60. The summed E-state index contributed by atoms with van der Waals surface area (Å²) >= 11 is 0. The van der Waals surface area contributed by atoms with Crippen molar-refractivity contribution in [2.75, 3.05) is 36.4 Å². The largest absolute Gasteiger partial charge is 0.360 e. The number of urea groups is 1. The highest BCUT2D eigenvalue weighted by Gasteiger charge is 2.23. The van der Waals surface area contributed by atoms with Crippen LogP contribution in [0.1, 0.15) is 5.76 Å². The van der Waals surface area contributed by atoms with Crippen molar-refractivity contribution in [3.8, 4) is 0 Å². The van der Waals surface area contributed by atoms with Crippen molar-refractivity contribution in [1.29, 1.82) is 0 Å². The fourth-order valence-corrected chi connectivity index (χ4v) is 3.04. The maximum absolute atomic E-state index is 12.6. The molecule has 0 spiro atoms. The van der Waals surface area contributed by atoms with Gasteiger partial charge in [0, 0.05) is 43.8 Å². The van der Waals surface area contributed by atoms with Gasteiger partial charge in [-0.2, -0.15) is 0 Å². The Balaban J connectivity index is 1.42. The van der Waals surface area contributed by atoms with Crippen LogP contribution in [0.4, 0.5) is 16.3 Å². The second-order valence-corrected chi connectivity index (χ2v) is 6.08. The molecule has 1 aliphatic rings. The Bertz CT molecular complexity index is 894. The Morgan fingerprint density at radius 2 is 1.96 bits per heavy atom. The van der Waals surface area contributed by atoms with E-state index < -0.39 is 0 Å². The zero-order valence-corrected chi connectivity index (χ0v) is 14.0. The number of hydrogen-bond acceptors (Lipinski definition) is 5. The van der Waals surface area contributed by atoms with Gasteiger partial charge in [0.2, 0.25) is 0 Å². The van der Waals surface area contributed by atoms with E-state index in [1.165, 1.54) is 0 Å². The minimum Gasteiger partial charge on any atom is -0.360 e. The number of anilines is 2. The molecule has 1 saturated heterocycles. The Morgan fingerprint density at radius 1 is 1.16 bits per heavy atom. The SMILES string of the molecule is Cc1cc(N2CCN(C(=O)Nc3cccc4cccnc34)CC2)no1. The molecule has 4 rings (SSSR count). The maximum atomic E-state index is 12.6. The summed E-state index contributed by atoms with van der Waals surface area (Å²) in [5.74, 6) is 1.62. The molecule has 7 nitrogen and oxygen atoms in total. The summed E-state index contributed by atoms with van der Waals surface area (Å²) in [7, 11) is 0. The third-order valence-electron chi connectivity index (χ3n) is 4.38. The van der Waals surface area contributed by atoms with Crippen LogP contribution in [-0.4, -0.2) is 47.3 Å². The second kappa shape index (κ2) is 6.43. The molecule has 128 valence electrons. The minimum atomic E-state index is -0.103. The molecule has 0 bridgehead atoms. The number of benzene rings is 1. The quantitative estimate of drug-likeness (QED) is 0.778. The van der Waals surface area contributed by atoms with Gasteiger partial charge in [0.05, 0.1) is 11.2 Å². The minimum absolute atomic E-state index is 0.103. The Kier molecular flexibility index (Phi) is 3.97. The molecule has 0 radical (unpaired) electrons. The molecule has 1 aliphatic heterocycles. The average molecular weight is 337 g/mol. The van der Waals surface area contributed by atoms with E-state index in [0.717, 1.165) is 41.3 Å². The first kappa shape index (κ1) is 15.4. The van der Waals surface area contributed by atoms with Crippen LogP contribution in [0, 0.1) is 6.92 Å². The predicted octanol–water partition coefficient (Wildman–Crippen LogP) is 2.89. The van der Waals surface area contributed by atoms with Crippen molar-refractivity contribution in [2.45, 2.75) is 6.92 Å². The van der Waals surface area contributed by atoms with E-state index in [2.05, 4.69) is 20.4 Å². The van der Waals surface area contributed by atoms with Gasteiger partial charge in [-0.3, -0.25) is 4.98 Å². The van der Waals surface area contributed by atoms with Gasteiger partial charge in [-0.05, 0) is 19.1 Å². The monoisotopic (exact) mass is 337 g/mol. The molecule has 1 N–H and O–H groups in total. The Hall–Kier alpha value is -3.09. The molecular weight excluding hydrogens is 318 g/mol. The number of aromatic nitrogens is 2. The molecule has 2 aromatic heterocycles. The summed E-state index contributed by atoms with van der Waals surface area (Å²) in [6.07, 6.45) is 1.73. The number of pyridine rings is 1. The van der Waals surface area contributed by atoms with Gasteiger partial charge in [-0.15, -0.1) is 0 Å². The van der Waals surface area contributed by atoms with Gasteiger partial charge in [-0.25, -0.2) is 4.79 Å². The summed E-state index contributed by atoms with van der Waals surface area (Å²) in [5.41, 5.74) is 1.53. The van der Waals surface area contributed by atoms with Crippen molar-refractivity contribution in [1.82, 2.24) is 15.0 Å². The first-order chi connectivity index (χ1) is 12.2. The average Bonchev–Trinajstić information content (AvgIpc) is 3.08. The second-order valence-electron chi connectivity index (χ2n) is 6.08. The molecule has 3 heterocycles. The molecular formula is C18H19N5O2. The van der Waals surface area contributed by atoms with Crippen LogP contribution < -0.4 is 10.2 Å². The van der Waals surface area contributed by atoms with Crippen LogP contribution >= 0.6 is 0 Å². The molecule has 7 heteroatoms.